The molecule has 0 fully saturated rings. The summed E-state index contributed by atoms with van der Waals surface area (Å²) < 4.78 is 0. The van der Waals surface area contributed by atoms with Crippen LogP contribution in [0, 0.1) is 0 Å². The molecule has 0 aliphatic carbocycles. The summed E-state index contributed by atoms with van der Waals surface area (Å²) in [4.78, 5) is 4.07. The van der Waals surface area contributed by atoms with Gasteiger partial charge in [0.25, 0.3) is 0 Å². The van der Waals surface area contributed by atoms with Crippen molar-refractivity contribution in [3.05, 3.63) is 36.2 Å². The predicted molar refractivity (Wildman–Crippen MR) is 53.3 cm³/mol. The number of aliphatic hydroxyl groups is 1. The van der Waals surface area contributed by atoms with E-state index in [9.17, 15) is 5.11 Å². The molecule has 3 heteroatoms. The Kier molecular flexibility index (Phi) is 3.46. The number of rotatable bonds is 3. The Bertz CT molecular complexity index is 280. The highest BCUT2D eigenvalue weighted by atomic mass is 16.3. The van der Waals surface area contributed by atoms with E-state index < -0.39 is 6.10 Å². The van der Waals surface area contributed by atoms with E-state index in [0.29, 0.717) is 0 Å². The zero-order valence-corrected chi connectivity index (χ0v) is 7.86. The van der Waals surface area contributed by atoms with Crippen LogP contribution in [0.3, 0.4) is 0 Å². The average Bonchev–Trinajstić information content (AvgIpc) is 2.15. The second kappa shape index (κ2) is 4.62. The van der Waals surface area contributed by atoms with Gasteiger partial charge in [-0.3, -0.25) is 0 Å². The van der Waals surface area contributed by atoms with Crippen molar-refractivity contribution in [2.75, 3.05) is 5.32 Å². The lowest BCUT2D eigenvalue weighted by Crippen LogP contribution is -2.03. The molecule has 0 radical (unpaired) electrons. The summed E-state index contributed by atoms with van der Waals surface area (Å²) in [5.41, 5.74) is 0.880. The van der Waals surface area contributed by atoms with Gasteiger partial charge in [0.2, 0.25) is 0 Å². The first kappa shape index (κ1) is 9.74. The number of aromatic nitrogens is 1. The number of aliphatic hydroxyl groups excluding tert-OH is 1. The molecule has 70 valence electrons. The average molecular weight is 178 g/mol. The Morgan fingerprint density at radius 3 is 2.92 bits per heavy atom. The summed E-state index contributed by atoms with van der Waals surface area (Å²) >= 11 is 0. The minimum atomic E-state index is -0.420. The maximum absolute atomic E-state index is 9.17. The second-order valence-corrected chi connectivity index (χ2v) is 2.92. The molecule has 2 N–H and O–H groups in total. The van der Waals surface area contributed by atoms with Crippen molar-refractivity contribution in [1.29, 1.82) is 0 Å². The second-order valence-electron chi connectivity index (χ2n) is 2.92. The molecule has 1 heterocycles. The smallest absolute Gasteiger partial charge is 0.129 e. The molecule has 0 aliphatic rings. The molecule has 0 aliphatic heterocycles. The van der Waals surface area contributed by atoms with Crippen molar-refractivity contribution in [3.63, 3.8) is 0 Å². The van der Waals surface area contributed by atoms with Crippen LogP contribution in [0.15, 0.2) is 36.2 Å². The Balaban J connectivity index is 2.57. The van der Waals surface area contributed by atoms with Crippen LogP contribution in [-0.4, -0.2) is 16.2 Å². The SMILES string of the molecule is C/C(=C\Nc1ccccn1)C(C)O. The topological polar surface area (TPSA) is 45.2 Å². The minimum Gasteiger partial charge on any atom is -0.389 e. The highest BCUT2D eigenvalue weighted by Gasteiger charge is 1.96. The van der Waals surface area contributed by atoms with Crippen molar-refractivity contribution in [2.45, 2.75) is 20.0 Å². The molecule has 1 aromatic heterocycles. The quantitative estimate of drug-likeness (QED) is 0.741. The van der Waals surface area contributed by atoms with Crippen LogP contribution in [0.25, 0.3) is 0 Å². The van der Waals surface area contributed by atoms with Crippen molar-refractivity contribution in [1.82, 2.24) is 4.98 Å². The Labute approximate surface area is 78.1 Å². The summed E-state index contributed by atoms with van der Waals surface area (Å²) in [7, 11) is 0. The summed E-state index contributed by atoms with van der Waals surface area (Å²) in [6, 6.07) is 5.63. The molecule has 1 unspecified atom stereocenters. The molecule has 1 atom stereocenters. The molecule has 13 heavy (non-hydrogen) atoms. The lowest BCUT2D eigenvalue weighted by Gasteiger charge is -2.05. The van der Waals surface area contributed by atoms with Gasteiger partial charge in [0, 0.05) is 12.4 Å². The van der Waals surface area contributed by atoms with Crippen molar-refractivity contribution >= 4 is 5.82 Å². The molecule has 1 rings (SSSR count). The highest BCUT2D eigenvalue weighted by Crippen LogP contribution is 2.03. The fourth-order valence-corrected chi connectivity index (χ4v) is 0.757. The van der Waals surface area contributed by atoms with Gasteiger partial charge in [-0.05, 0) is 31.6 Å². The van der Waals surface area contributed by atoms with Gasteiger partial charge < -0.3 is 10.4 Å². The molecule has 0 amide bonds. The van der Waals surface area contributed by atoms with Crippen LogP contribution in [0.5, 0.6) is 0 Å². The van der Waals surface area contributed by atoms with Crippen molar-refractivity contribution in [2.24, 2.45) is 0 Å². The van der Waals surface area contributed by atoms with Gasteiger partial charge in [0.1, 0.15) is 5.82 Å². The summed E-state index contributed by atoms with van der Waals surface area (Å²) in [5.74, 6) is 0.780. The molecule has 3 nitrogen and oxygen atoms in total. The monoisotopic (exact) mass is 178 g/mol. The highest BCUT2D eigenvalue weighted by molar-refractivity contribution is 5.37. The van der Waals surface area contributed by atoms with Gasteiger partial charge >= 0.3 is 0 Å². The van der Waals surface area contributed by atoms with E-state index in [1.54, 1.807) is 19.3 Å². The van der Waals surface area contributed by atoms with Crippen LogP contribution < -0.4 is 5.32 Å². The van der Waals surface area contributed by atoms with Crippen LogP contribution in [0.4, 0.5) is 5.82 Å². The standard InChI is InChI=1S/C10H14N2O/c1-8(9(2)13)7-12-10-5-3-4-6-11-10/h3-7,9,13H,1-2H3,(H,11,12)/b8-7+. The minimum absolute atomic E-state index is 0.420. The number of nitrogens with zero attached hydrogens (tertiary/aromatic N) is 1. The maximum Gasteiger partial charge on any atom is 0.129 e. The Morgan fingerprint density at radius 2 is 2.38 bits per heavy atom. The number of nitrogens with one attached hydrogen (secondary N) is 1. The van der Waals surface area contributed by atoms with E-state index in [0.717, 1.165) is 11.4 Å². The van der Waals surface area contributed by atoms with Gasteiger partial charge in [-0.25, -0.2) is 4.98 Å². The van der Waals surface area contributed by atoms with Crippen molar-refractivity contribution in [3.8, 4) is 0 Å². The lowest BCUT2D eigenvalue weighted by molar-refractivity contribution is 0.231. The van der Waals surface area contributed by atoms with E-state index >= 15 is 0 Å². The van der Waals surface area contributed by atoms with Gasteiger partial charge in [-0.15, -0.1) is 0 Å². The van der Waals surface area contributed by atoms with Gasteiger partial charge in [-0.1, -0.05) is 6.07 Å². The van der Waals surface area contributed by atoms with Gasteiger partial charge in [0.15, 0.2) is 0 Å². The van der Waals surface area contributed by atoms with E-state index in [4.69, 9.17) is 0 Å². The van der Waals surface area contributed by atoms with E-state index in [1.165, 1.54) is 0 Å². The Hall–Kier alpha value is -1.35. The zero-order valence-electron chi connectivity index (χ0n) is 7.86. The van der Waals surface area contributed by atoms with E-state index in [1.807, 2.05) is 25.1 Å². The molecule has 0 aromatic carbocycles. The van der Waals surface area contributed by atoms with E-state index in [-0.39, 0.29) is 0 Å². The molecular weight excluding hydrogens is 164 g/mol. The molecule has 0 spiro atoms. The largest absolute Gasteiger partial charge is 0.389 e. The third kappa shape index (κ3) is 3.25. The van der Waals surface area contributed by atoms with Gasteiger partial charge in [-0.2, -0.15) is 0 Å². The number of pyridine rings is 1. The Morgan fingerprint density at radius 1 is 1.62 bits per heavy atom. The van der Waals surface area contributed by atoms with Crippen LogP contribution in [0.1, 0.15) is 13.8 Å². The zero-order chi connectivity index (χ0) is 9.68. The van der Waals surface area contributed by atoms with Crippen molar-refractivity contribution < 1.29 is 5.11 Å². The molecule has 0 bridgehead atoms. The summed E-state index contributed by atoms with van der Waals surface area (Å²) in [5, 5.41) is 12.2. The maximum atomic E-state index is 9.17. The van der Waals surface area contributed by atoms with Crippen LogP contribution in [0.2, 0.25) is 0 Å². The molecule has 1 aromatic rings. The third-order valence-electron chi connectivity index (χ3n) is 1.77. The predicted octanol–water partition coefficient (Wildman–Crippen LogP) is 1.78. The number of hydrogen-bond donors (Lipinski definition) is 2. The molecular formula is C10H14N2O. The fraction of sp³-hybridized carbons (Fsp3) is 0.300. The third-order valence-corrected chi connectivity index (χ3v) is 1.77. The summed E-state index contributed by atoms with van der Waals surface area (Å²) in [6.07, 6.45) is 3.05. The number of hydrogen-bond acceptors (Lipinski definition) is 3. The first-order valence-electron chi connectivity index (χ1n) is 4.22. The fourth-order valence-electron chi connectivity index (χ4n) is 0.757. The van der Waals surface area contributed by atoms with E-state index in [2.05, 4.69) is 10.3 Å². The molecule has 0 saturated carbocycles. The normalized spacial score (nSPS) is 13.9. The summed E-state index contributed by atoms with van der Waals surface area (Å²) in [6.45, 7) is 3.59. The lowest BCUT2D eigenvalue weighted by atomic mass is 10.2. The van der Waals surface area contributed by atoms with Crippen LogP contribution in [-0.2, 0) is 0 Å². The first-order valence-corrected chi connectivity index (χ1v) is 4.22. The molecule has 0 saturated heterocycles. The first-order chi connectivity index (χ1) is 6.20. The van der Waals surface area contributed by atoms with Gasteiger partial charge in [0.05, 0.1) is 6.10 Å². The van der Waals surface area contributed by atoms with Crippen LogP contribution >= 0.6 is 0 Å². The number of anilines is 1.